The predicted octanol–water partition coefficient (Wildman–Crippen LogP) is 2.38. The van der Waals surface area contributed by atoms with E-state index in [1.165, 1.54) is 11.3 Å². The van der Waals surface area contributed by atoms with Gasteiger partial charge in [-0.25, -0.2) is 4.98 Å². The third-order valence-electron chi connectivity index (χ3n) is 4.46. The van der Waals surface area contributed by atoms with Gasteiger partial charge in [-0.05, 0) is 19.8 Å². The molecule has 4 nitrogen and oxygen atoms in total. The lowest BCUT2D eigenvalue weighted by molar-refractivity contribution is -0.189. The molecule has 3 rings (SSSR count). The molecule has 1 aromatic heterocycles. The van der Waals surface area contributed by atoms with E-state index in [0.717, 1.165) is 24.5 Å². The third kappa shape index (κ3) is 2.09. The van der Waals surface area contributed by atoms with Gasteiger partial charge in [-0.2, -0.15) is 0 Å². The van der Waals surface area contributed by atoms with Gasteiger partial charge in [-0.15, -0.1) is 11.3 Å². The van der Waals surface area contributed by atoms with Crippen LogP contribution in [-0.2, 0) is 4.74 Å². The van der Waals surface area contributed by atoms with Gasteiger partial charge in [0.1, 0.15) is 4.88 Å². The van der Waals surface area contributed by atoms with Gasteiger partial charge >= 0.3 is 0 Å². The second kappa shape index (κ2) is 4.56. The molecule has 1 aromatic rings. The standard InChI is InChI=1S/C14H20N2O2S/c1-8-15-7-10(19-8)13(17)16-11-9-5-4-6-18-12(9)14(11,2)3/h7,9,11-12H,4-6H2,1-3H3,(H,16,17). The molecular weight excluding hydrogens is 260 g/mol. The van der Waals surface area contributed by atoms with E-state index in [4.69, 9.17) is 4.74 Å². The largest absolute Gasteiger partial charge is 0.377 e. The molecule has 1 amide bonds. The maximum Gasteiger partial charge on any atom is 0.263 e. The fourth-order valence-electron chi connectivity index (χ4n) is 3.49. The number of aromatic nitrogens is 1. The number of hydrogen-bond acceptors (Lipinski definition) is 4. The van der Waals surface area contributed by atoms with Crippen LogP contribution in [-0.4, -0.2) is 29.6 Å². The van der Waals surface area contributed by atoms with Crippen LogP contribution in [0.3, 0.4) is 0 Å². The lowest BCUT2D eigenvalue weighted by Crippen LogP contribution is -2.70. The quantitative estimate of drug-likeness (QED) is 0.905. The van der Waals surface area contributed by atoms with Crippen molar-refractivity contribution in [3.63, 3.8) is 0 Å². The first-order valence-corrected chi connectivity index (χ1v) is 7.66. The van der Waals surface area contributed by atoms with E-state index in [1.54, 1.807) is 6.20 Å². The van der Waals surface area contributed by atoms with Crippen LogP contribution in [0.15, 0.2) is 6.20 Å². The summed E-state index contributed by atoms with van der Waals surface area (Å²) in [5, 5.41) is 4.11. The Bertz CT molecular complexity index is 497. The molecule has 0 aromatic carbocycles. The SMILES string of the molecule is Cc1ncc(C(=O)NC2C3CCCOC3C2(C)C)s1. The van der Waals surface area contributed by atoms with Crippen molar-refractivity contribution >= 4 is 17.2 Å². The fraction of sp³-hybridized carbons (Fsp3) is 0.714. The number of hydrogen-bond donors (Lipinski definition) is 1. The summed E-state index contributed by atoms with van der Waals surface area (Å²) in [6.45, 7) is 7.14. The number of nitrogens with zero attached hydrogens (tertiary/aromatic N) is 1. The molecule has 1 aliphatic carbocycles. The predicted molar refractivity (Wildman–Crippen MR) is 74.4 cm³/mol. The number of rotatable bonds is 2. The molecule has 5 heteroatoms. The maximum absolute atomic E-state index is 12.2. The highest BCUT2D eigenvalue weighted by molar-refractivity contribution is 7.13. The smallest absolute Gasteiger partial charge is 0.263 e. The number of fused-ring (bicyclic) bond motifs is 1. The molecule has 1 saturated carbocycles. The van der Waals surface area contributed by atoms with E-state index in [9.17, 15) is 4.79 Å². The van der Waals surface area contributed by atoms with Gasteiger partial charge < -0.3 is 10.1 Å². The molecule has 1 aliphatic heterocycles. The first-order valence-electron chi connectivity index (χ1n) is 6.85. The Morgan fingerprint density at radius 3 is 3.05 bits per heavy atom. The second-order valence-electron chi connectivity index (χ2n) is 6.11. The summed E-state index contributed by atoms with van der Waals surface area (Å²) in [4.78, 5) is 17.1. The molecular formula is C14H20N2O2S. The summed E-state index contributed by atoms with van der Waals surface area (Å²) in [7, 11) is 0. The van der Waals surface area contributed by atoms with Crippen molar-refractivity contribution in [2.75, 3.05) is 6.61 Å². The average molecular weight is 280 g/mol. The first kappa shape index (κ1) is 13.1. The Hall–Kier alpha value is -0.940. The normalized spacial score (nSPS) is 32.3. The van der Waals surface area contributed by atoms with Gasteiger partial charge in [0.2, 0.25) is 0 Å². The van der Waals surface area contributed by atoms with E-state index in [2.05, 4.69) is 24.1 Å². The summed E-state index contributed by atoms with van der Waals surface area (Å²) < 4.78 is 5.85. The lowest BCUT2D eigenvalue weighted by atomic mass is 9.55. The van der Waals surface area contributed by atoms with Gasteiger partial charge in [-0.3, -0.25) is 4.79 Å². The summed E-state index contributed by atoms with van der Waals surface area (Å²) in [5.74, 6) is 0.481. The summed E-state index contributed by atoms with van der Waals surface area (Å²) in [5.41, 5.74) is 0.0283. The minimum Gasteiger partial charge on any atom is -0.377 e. The zero-order chi connectivity index (χ0) is 13.6. The van der Waals surface area contributed by atoms with Crippen LogP contribution in [0.1, 0.15) is 41.4 Å². The van der Waals surface area contributed by atoms with Crippen LogP contribution >= 0.6 is 11.3 Å². The van der Waals surface area contributed by atoms with Crippen LogP contribution in [0.25, 0.3) is 0 Å². The van der Waals surface area contributed by atoms with Crippen molar-refractivity contribution in [1.29, 1.82) is 0 Å². The Morgan fingerprint density at radius 2 is 2.37 bits per heavy atom. The van der Waals surface area contributed by atoms with Crippen LogP contribution in [0.2, 0.25) is 0 Å². The highest BCUT2D eigenvalue weighted by Gasteiger charge is 2.58. The molecule has 2 heterocycles. The van der Waals surface area contributed by atoms with Gasteiger partial charge in [0, 0.05) is 24.0 Å². The van der Waals surface area contributed by atoms with Crippen LogP contribution in [0.5, 0.6) is 0 Å². The number of thiazole rings is 1. The highest BCUT2D eigenvalue weighted by Crippen LogP contribution is 2.51. The highest BCUT2D eigenvalue weighted by atomic mass is 32.1. The number of ether oxygens (including phenoxy) is 1. The van der Waals surface area contributed by atoms with Crippen LogP contribution in [0.4, 0.5) is 0 Å². The lowest BCUT2D eigenvalue weighted by Gasteiger charge is -2.59. The molecule has 1 N–H and O–H groups in total. The van der Waals surface area contributed by atoms with Gasteiger partial charge in [0.25, 0.3) is 5.91 Å². The number of carbonyl (C=O) groups excluding carboxylic acids is 1. The van der Waals surface area contributed by atoms with Crippen molar-refractivity contribution in [1.82, 2.24) is 10.3 Å². The molecule has 0 radical (unpaired) electrons. The van der Waals surface area contributed by atoms with E-state index in [-0.39, 0.29) is 17.4 Å². The number of amides is 1. The van der Waals surface area contributed by atoms with E-state index in [0.29, 0.717) is 16.9 Å². The summed E-state index contributed by atoms with van der Waals surface area (Å²) >= 11 is 1.45. The maximum atomic E-state index is 12.2. The van der Waals surface area contributed by atoms with E-state index >= 15 is 0 Å². The minimum absolute atomic E-state index is 0.00713. The van der Waals surface area contributed by atoms with Crippen LogP contribution in [0, 0.1) is 18.3 Å². The molecule has 0 bridgehead atoms. The van der Waals surface area contributed by atoms with E-state index < -0.39 is 0 Å². The molecule has 104 valence electrons. The Kier molecular flexibility index (Phi) is 3.14. The number of nitrogens with one attached hydrogen (secondary N) is 1. The molecule has 3 atom stereocenters. The molecule has 1 saturated heterocycles. The third-order valence-corrected chi connectivity index (χ3v) is 5.37. The topological polar surface area (TPSA) is 51.2 Å². The molecule has 0 spiro atoms. The van der Waals surface area contributed by atoms with Crippen molar-refractivity contribution in [2.45, 2.75) is 45.8 Å². The summed E-state index contributed by atoms with van der Waals surface area (Å²) in [6, 6.07) is 0.215. The van der Waals surface area contributed by atoms with Gasteiger partial charge in [-0.1, -0.05) is 13.8 Å². The minimum atomic E-state index is 0.00713. The van der Waals surface area contributed by atoms with Crippen LogP contribution < -0.4 is 5.32 Å². The van der Waals surface area contributed by atoms with Crippen molar-refractivity contribution < 1.29 is 9.53 Å². The number of aryl methyl sites for hydroxylation is 1. The average Bonchev–Trinajstić information content (AvgIpc) is 2.82. The Morgan fingerprint density at radius 1 is 1.58 bits per heavy atom. The number of carbonyl (C=O) groups is 1. The zero-order valence-electron chi connectivity index (χ0n) is 11.6. The van der Waals surface area contributed by atoms with Crippen molar-refractivity contribution in [2.24, 2.45) is 11.3 Å². The second-order valence-corrected chi connectivity index (χ2v) is 7.35. The molecule has 2 aliphatic rings. The summed E-state index contributed by atoms with van der Waals surface area (Å²) in [6.07, 6.45) is 4.22. The molecule has 19 heavy (non-hydrogen) atoms. The molecule has 2 fully saturated rings. The first-order chi connectivity index (χ1) is 9.00. The zero-order valence-corrected chi connectivity index (χ0v) is 12.4. The van der Waals surface area contributed by atoms with Crippen molar-refractivity contribution in [3.8, 4) is 0 Å². The Balaban J connectivity index is 1.71. The van der Waals surface area contributed by atoms with Gasteiger partial charge in [0.15, 0.2) is 0 Å². The van der Waals surface area contributed by atoms with Gasteiger partial charge in [0.05, 0.1) is 17.3 Å². The Labute approximate surface area is 117 Å². The fourth-order valence-corrected chi connectivity index (χ4v) is 4.17. The monoisotopic (exact) mass is 280 g/mol. The van der Waals surface area contributed by atoms with E-state index in [1.807, 2.05) is 6.92 Å². The van der Waals surface area contributed by atoms with Crippen molar-refractivity contribution in [3.05, 3.63) is 16.1 Å². The molecule has 3 unspecified atom stereocenters.